The van der Waals surface area contributed by atoms with Crippen LogP contribution >= 0.6 is 8.53 Å². The molecule has 16 heteroatoms. The smallest absolute Gasteiger partial charge is 0.330 e. The summed E-state index contributed by atoms with van der Waals surface area (Å²) in [5, 5.41) is 0. The normalized spacial score (nSPS) is 24.6. The molecule has 4 heterocycles. The second kappa shape index (κ2) is 17.5. The second-order valence-electron chi connectivity index (χ2n) is 14.5. The Labute approximate surface area is 343 Å². The van der Waals surface area contributed by atoms with E-state index in [1.807, 2.05) is 78.9 Å². The molecule has 0 bridgehead atoms. The van der Waals surface area contributed by atoms with E-state index in [0.717, 1.165) is 34.1 Å². The monoisotopic (exact) mass is 843 g/mol. The number of nitrogens with zero attached hydrogens (tertiary/aromatic N) is 2. The largest absolute Gasteiger partial charge is 0.497 e. The molecule has 310 valence electrons. The molecule has 5 aromatic rings. The van der Waals surface area contributed by atoms with Crippen LogP contribution in [0.2, 0.25) is 0 Å². The van der Waals surface area contributed by atoms with Gasteiger partial charge in [-0.05, 0) is 65.9 Å². The van der Waals surface area contributed by atoms with Crippen LogP contribution < -0.4 is 20.7 Å². The van der Waals surface area contributed by atoms with Gasteiger partial charge in [-0.2, -0.15) is 0 Å². The Balaban J connectivity index is 1.18. The quantitative estimate of drug-likeness (QED) is 0.106. The Morgan fingerprint density at radius 2 is 1.39 bits per heavy atom. The van der Waals surface area contributed by atoms with Crippen molar-refractivity contribution in [2.75, 3.05) is 40.2 Å². The van der Waals surface area contributed by atoms with Crippen molar-refractivity contribution in [2.24, 2.45) is 0 Å². The van der Waals surface area contributed by atoms with Crippen molar-refractivity contribution in [3.05, 3.63) is 159 Å². The van der Waals surface area contributed by atoms with Gasteiger partial charge in [0.1, 0.15) is 35.4 Å². The van der Waals surface area contributed by atoms with Crippen LogP contribution in [0.3, 0.4) is 0 Å². The first-order valence-corrected chi connectivity index (χ1v) is 22.1. The van der Waals surface area contributed by atoms with Crippen LogP contribution in [0.25, 0.3) is 0 Å². The lowest BCUT2D eigenvalue weighted by Gasteiger charge is -2.37. The molecule has 3 fully saturated rings. The lowest BCUT2D eigenvalue weighted by atomic mass is 9.80. The summed E-state index contributed by atoms with van der Waals surface area (Å²) in [5.41, 5.74) is -0.134. The fourth-order valence-electron chi connectivity index (χ4n) is 8.26. The molecule has 1 N–H and O–H groups in total. The summed E-state index contributed by atoms with van der Waals surface area (Å²) >= 11 is 0. The van der Waals surface area contributed by atoms with Gasteiger partial charge in [0.15, 0.2) is 16.1 Å². The Kier molecular flexibility index (Phi) is 12.2. The molecule has 0 saturated carbocycles. The first-order chi connectivity index (χ1) is 28.7. The van der Waals surface area contributed by atoms with Gasteiger partial charge in [0.05, 0.1) is 37.6 Å². The zero-order valence-electron chi connectivity index (χ0n) is 32.8. The summed E-state index contributed by atoms with van der Waals surface area (Å²) in [4.78, 5) is 29.3. The summed E-state index contributed by atoms with van der Waals surface area (Å²) in [6, 6.07) is 34.4. The first kappa shape index (κ1) is 41.1. The predicted molar refractivity (Wildman–Crippen MR) is 219 cm³/mol. The summed E-state index contributed by atoms with van der Waals surface area (Å²) < 4.78 is 74.6. The fourth-order valence-corrected chi connectivity index (χ4v) is 11.9. The van der Waals surface area contributed by atoms with Gasteiger partial charge < -0.3 is 37.7 Å². The molecule has 3 saturated heterocycles. The third kappa shape index (κ3) is 8.01. The minimum atomic E-state index is -3.68. The van der Waals surface area contributed by atoms with E-state index in [1.165, 1.54) is 19.4 Å². The molecule has 59 heavy (non-hydrogen) atoms. The van der Waals surface area contributed by atoms with Gasteiger partial charge in [0.2, 0.25) is 0 Å². The second-order valence-corrected chi connectivity index (χ2v) is 17.9. The van der Waals surface area contributed by atoms with Gasteiger partial charge in [-0.3, -0.25) is 4.79 Å². The number of methoxy groups -OCH3 is 3. The number of benzene rings is 4. The molecule has 4 aromatic carbocycles. The molecule has 0 aliphatic carbocycles. The van der Waals surface area contributed by atoms with Crippen LogP contribution in [-0.4, -0.2) is 93.3 Å². The van der Waals surface area contributed by atoms with Gasteiger partial charge in [0.25, 0.3) is 14.1 Å². The third-order valence-corrected chi connectivity index (χ3v) is 14.7. The highest BCUT2D eigenvalue weighted by Crippen LogP contribution is 2.58. The molecule has 0 unspecified atom stereocenters. The van der Waals surface area contributed by atoms with Crippen LogP contribution in [0.4, 0.5) is 0 Å². The highest BCUT2D eigenvalue weighted by atomic mass is 32.2. The van der Waals surface area contributed by atoms with E-state index >= 15 is 0 Å². The van der Waals surface area contributed by atoms with Crippen LogP contribution in [0.1, 0.15) is 35.8 Å². The van der Waals surface area contributed by atoms with E-state index in [0.29, 0.717) is 18.0 Å². The maximum absolute atomic E-state index is 13.6. The molecule has 7 atom stereocenters. The standard InChI is InChI=1S/C43H46N3O11PS/c1-51-32-20-16-30(17-21-32)43(29-11-6-4-7-12-29,31-18-22-33(52-2)23-19-31)54-27-36-39(40(53-3)41(55-36)46-38(47)24-25-44-42(46)48)57-58-45-26-10-15-35(45)37(56-58)28-59(49,50)34-13-8-5-9-14-34/h4-9,11-14,16-25,35-37,39-41H,10,15,26-28H2,1-3H3,(H,44,48)/t35-,36+,37+,39+,40+,41+,58+/m0/s1. The summed E-state index contributed by atoms with van der Waals surface area (Å²) in [6.45, 7) is 0.518. The predicted octanol–water partition coefficient (Wildman–Crippen LogP) is 5.42. The van der Waals surface area contributed by atoms with E-state index in [-0.39, 0.29) is 23.3 Å². The average Bonchev–Trinajstić information content (AvgIpc) is 3.97. The van der Waals surface area contributed by atoms with Crippen molar-refractivity contribution < 1.29 is 41.1 Å². The van der Waals surface area contributed by atoms with Crippen LogP contribution in [-0.2, 0) is 38.7 Å². The van der Waals surface area contributed by atoms with Crippen molar-refractivity contribution in [1.82, 2.24) is 14.2 Å². The van der Waals surface area contributed by atoms with E-state index in [9.17, 15) is 18.0 Å². The average molecular weight is 844 g/mol. The van der Waals surface area contributed by atoms with Gasteiger partial charge >= 0.3 is 5.69 Å². The number of nitrogens with one attached hydrogen (secondary N) is 1. The summed E-state index contributed by atoms with van der Waals surface area (Å²) in [5.74, 6) is 1.11. The zero-order valence-corrected chi connectivity index (χ0v) is 34.5. The maximum Gasteiger partial charge on any atom is 0.330 e. The lowest BCUT2D eigenvalue weighted by molar-refractivity contribution is -0.0962. The Hall–Kier alpha value is -4.70. The molecule has 8 rings (SSSR count). The molecular formula is C43H46N3O11PS. The van der Waals surface area contributed by atoms with E-state index in [4.69, 9.17) is 32.7 Å². The topological polar surface area (TPSA) is 157 Å². The number of sulfone groups is 1. The number of ether oxygens (including phenoxy) is 5. The summed E-state index contributed by atoms with van der Waals surface area (Å²) in [6.07, 6.45) is -1.90. The number of hydrogen-bond donors (Lipinski definition) is 1. The molecule has 0 spiro atoms. The first-order valence-electron chi connectivity index (χ1n) is 19.3. The van der Waals surface area contributed by atoms with Crippen LogP contribution in [0.5, 0.6) is 11.5 Å². The summed E-state index contributed by atoms with van der Waals surface area (Å²) in [7, 11) is -0.865. The highest BCUT2D eigenvalue weighted by molar-refractivity contribution is 7.91. The number of H-pyrrole nitrogens is 1. The molecule has 3 aliphatic heterocycles. The fraction of sp³-hybridized carbons (Fsp3) is 0.349. The van der Waals surface area contributed by atoms with Crippen molar-refractivity contribution in [3.8, 4) is 11.5 Å². The molecule has 0 amide bonds. The Morgan fingerprint density at radius 1 is 0.780 bits per heavy atom. The highest BCUT2D eigenvalue weighted by Gasteiger charge is 2.55. The SMILES string of the molecule is COc1ccc(C(OC[C@H]2O[C@@H](n3c(=O)cc[nH]c3=O)[C@H](OC)[C@@H]2O[P@@]2O[C@H](CS(=O)(=O)c3ccccc3)[C@@H]3CCCN32)(c2ccccc2)c2ccc(OC)cc2)cc1. The van der Waals surface area contributed by atoms with Crippen molar-refractivity contribution >= 4 is 18.4 Å². The molecule has 0 radical (unpaired) electrons. The van der Waals surface area contributed by atoms with E-state index in [1.54, 1.807) is 44.6 Å². The molecule has 14 nitrogen and oxygen atoms in total. The van der Waals surface area contributed by atoms with Crippen LogP contribution in [0, 0.1) is 0 Å². The minimum Gasteiger partial charge on any atom is -0.497 e. The van der Waals surface area contributed by atoms with E-state index < -0.39 is 65.9 Å². The van der Waals surface area contributed by atoms with Crippen molar-refractivity contribution in [1.29, 1.82) is 0 Å². The van der Waals surface area contributed by atoms with Crippen molar-refractivity contribution in [2.45, 2.75) is 60.0 Å². The lowest BCUT2D eigenvalue weighted by Crippen LogP contribution is -2.43. The number of rotatable bonds is 15. The van der Waals surface area contributed by atoms with Gasteiger partial charge in [0, 0.05) is 32.0 Å². The third-order valence-electron chi connectivity index (χ3n) is 11.2. The number of fused-ring (bicyclic) bond motifs is 1. The van der Waals surface area contributed by atoms with E-state index in [2.05, 4.69) is 9.65 Å². The molecule has 1 aromatic heterocycles. The molecule has 3 aliphatic rings. The Morgan fingerprint density at radius 3 is 1.98 bits per heavy atom. The number of aromatic amines is 1. The minimum absolute atomic E-state index is 0.119. The number of hydrogen-bond acceptors (Lipinski definition) is 12. The zero-order chi connectivity index (χ0) is 41.1. The Bertz CT molecular complexity index is 2340. The van der Waals surface area contributed by atoms with Gasteiger partial charge in [-0.15, -0.1) is 0 Å². The van der Waals surface area contributed by atoms with Gasteiger partial charge in [-0.25, -0.2) is 22.4 Å². The van der Waals surface area contributed by atoms with Gasteiger partial charge in [-0.1, -0.05) is 72.8 Å². The van der Waals surface area contributed by atoms with Crippen molar-refractivity contribution in [3.63, 3.8) is 0 Å². The molecular weight excluding hydrogens is 798 g/mol. The van der Waals surface area contributed by atoms with Crippen LogP contribution in [0.15, 0.2) is 136 Å². The number of aromatic nitrogens is 2. The maximum atomic E-state index is 13.6.